The highest BCUT2D eigenvalue weighted by Crippen LogP contribution is 2.44. The number of rotatable bonds is 40. The van der Waals surface area contributed by atoms with Gasteiger partial charge in [0.2, 0.25) is 0 Å². The van der Waals surface area contributed by atoms with Gasteiger partial charge in [0.25, 0.3) is 0 Å². The van der Waals surface area contributed by atoms with Crippen LogP contribution in [0.3, 0.4) is 0 Å². The third kappa shape index (κ3) is 32.7. The Balaban J connectivity index is 1.73. The molecule has 2 aliphatic carbocycles. The van der Waals surface area contributed by atoms with Crippen LogP contribution in [0.4, 0.5) is 0 Å². The third-order valence-electron chi connectivity index (χ3n) is 15.8. The van der Waals surface area contributed by atoms with Gasteiger partial charge in [0.1, 0.15) is 12.2 Å². The molecule has 3 atom stereocenters. The van der Waals surface area contributed by atoms with E-state index in [4.69, 9.17) is 9.47 Å². The molecule has 4 heteroatoms. The van der Waals surface area contributed by atoms with E-state index in [1.165, 1.54) is 180 Å². The van der Waals surface area contributed by atoms with Gasteiger partial charge >= 0.3 is 11.9 Å². The summed E-state index contributed by atoms with van der Waals surface area (Å²) in [4.78, 5) is 25.6. The first-order chi connectivity index (χ1) is 36.5. The van der Waals surface area contributed by atoms with Gasteiger partial charge in [-0.3, -0.25) is 9.59 Å². The number of hydrogen-bond donors (Lipinski definition) is 0. The molecule has 0 spiro atoms. The summed E-state index contributed by atoms with van der Waals surface area (Å²) in [5.74, 6) is 0.224. The average molecular weight is 1050 g/mol. The van der Waals surface area contributed by atoms with Crippen molar-refractivity contribution in [2.75, 3.05) is 0 Å². The first-order valence-corrected chi connectivity index (χ1v) is 31.3. The lowest BCUT2D eigenvalue weighted by Crippen LogP contribution is -2.34. The summed E-state index contributed by atoms with van der Waals surface area (Å²) in [7, 11) is 0. The van der Waals surface area contributed by atoms with Crippen LogP contribution in [0.25, 0.3) is 0 Å². The maximum Gasteiger partial charge on any atom is 0.306 e. The van der Waals surface area contributed by atoms with E-state index < -0.39 is 0 Å². The van der Waals surface area contributed by atoms with Crippen molar-refractivity contribution in [3.05, 3.63) is 130 Å². The zero-order valence-corrected chi connectivity index (χ0v) is 51.4. The monoisotopic (exact) mass is 1040 g/mol. The highest BCUT2D eigenvalue weighted by atomic mass is 16.5. The molecule has 0 aromatic heterocycles. The van der Waals surface area contributed by atoms with Gasteiger partial charge in [-0.1, -0.05) is 314 Å². The molecule has 0 bridgehead atoms. The van der Waals surface area contributed by atoms with Crippen LogP contribution >= 0.6 is 0 Å². The predicted molar refractivity (Wildman–Crippen MR) is 332 cm³/mol. The van der Waals surface area contributed by atoms with E-state index in [9.17, 15) is 9.59 Å². The molecule has 0 heterocycles. The molecule has 0 unspecified atom stereocenters. The summed E-state index contributed by atoms with van der Waals surface area (Å²) in [5.41, 5.74) is 8.64. The van der Waals surface area contributed by atoms with E-state index >= 15 is 0 Å². The first kappa shape index (κ1) is 68.2. The summed E-state index contributed by atoms with van der Waals surface area (Å²) < 4.78 is 12.0. The predicted octanol–water partition coefficient (Wildman–Crippen LogP) is 22.5. The molecular weight excluding hydrogens is 929 g/mol. The quantitative estimate of drug-likeness (QED) is 0.0266. The van der Waals surface area contributed by atoms with Gasteiger partial charge in [0, 0.05) is 25.2 Å². The topological polar surface area (TPSA) is 52.6 Å². The number of esters is 2. The molecule has 0 fully saturated rings. The van der Waals surface area contributed by atoms with Crippen LogP contribution in [-0.4, -0.2) is 24.1 Å². The van der Waals surface area contributed by atoms with Gasteiger partial charge in [-0.25, -0.2) is 0 Å². The average Bonchev–Trinajstić information content (AvgIpc) is 3.34. The lowest BCUT2D eigenvalue weighted by atomic mass is 9.67. The molecule has 0 saturated carbocycles. The van der Waals surface area contributed by atoms with Crippen LogP contribution in [0.2, 0.25) is 0 Å². The van der Waals surface area contributed by atoms with Gasteiger partial charge < -0.3 is 9.47 Å². The van der Waals surface area contributed by atoms with Gasteiger partial charge in [0.15, 0.2) is 0 Å². The van der Waals surface area contributed by atoms with Crippen LogP contribution in [0, 0.1) is 16.7 Å². The van der Waals surface area contributed by atoms with Crippen LogP contribution in [-0.2, 0) is 19.1 Å². The maximum absolute atomic E-state index is 12.8. The molecule has 0 N–H and O–H groups in total. The molecule has 0 radical (unpaired) electrons. The normalized spacial score (nSPS) is 19.8. The number of unbranched alkanes of at least 4 members (excludes halogenated alkanes) is 24. The Morgan fingerprint density at radius 3 is 1.30 bits per heavy atom. The molecule has 0 aromatic rings. The van der Waals surface area contributed by atoms with Crippen molar-refractivity contribution in [2.24, 2.45) is 16.7 Å². The Bertz CT molecular complexity index is 1980. The van der Waals surface area contributed by atoms with Gasteiger partial charge in [-0.2, -0.15) is 0 Å². The zero-order valence-electron chi connectivity index (χ0n) is 51.4. The molecule has 428 valence electrons. The molecule has 2 aliphatic rings. The van der Waals surface area contributed by atoms with Crippen molar-refractivity contribution in [1.29, 1.82) is 0 Å². The second-order valence-electron chi connectivity index (χ2n) is 24.6. The molecular formula is C72H116O4. The standard InChI is InChI=1S/C72H116O4/c1-13-15-17-19-21-23-25-27-29-31-33-35-37-49-69(73)75-65-55-63(7)67(71(9,10)57-65)53-51-61(5)47-41-45-59(3)43-39-40-44-60(4)46-42-48-62(6)52-54-68-64(8)56-66(58-72(68,11)12)76-70(74)50-38-36-34-32-30-28-26-24-22-20-18-16-14-2/h39-48,51-55,65-67H,13-38,49-50,56-58H2,1-12H3/b40-39+,45-41+,46-42+,53-51+,54-52+,59-43+,60-44+,61-47+,62-48+/t65-,66-,67-/m0/s1. The van der Waals surface area contributed by atoms with Gasteiger partial charge in [0.05, 0.1) is 0 Å². The summed E-state index contributed by atoms with van der Waals surface area (Å²) >= 11 is 0. The molecule has 0 saturated heterocycles. The molecule has 2 rings (SSSR count). The van der Waals surface area contributed by atoms with Crippen molar-refractivity contribution in [1.82, 2.24) is 0 Å². The van der Waals surface area contributed by atoms with Crippen LogP contribution in [0.15, 0.2) is 130 Å². The maximum atomic E-state index is 12.8. The fourth-order valence-corrected chi connectivity index (χ4v) is 11.3. The van der Waals surface area contributed by atoms with Crippen molar-refractivity contribution in [3.8, 4) is 0 Å². The number of carbonyl (C=O) groups excluding carboxylic acids is 2. The zero-order chi connectivity index (χ0) is 55.9. The van der Waals surface area contributed by atoms with Crippen LogP contribution in [0.5, 0.6) is 0 Å². The third-order valence-corrected chi connectivity index (χ3v) is 15.8. The van der Waals surface area contributed by atoms with Crippen molar-refractivity contribution < 1.29 is 19.1 Å². The highest BCUT2D eigenvalue weighted by Gasteiger charge is 2.37. The van der Waals surface area contributed by atoms with Gasteiger partial charge in [-0.15, -0.1) is 0 Å². The summed E-state index contributed by atoms with van der Waals surface area (Å²) in [6.07, 6.45) is 69.9. The summed E-state index contributed by atoms with van der Waals surface area (Å²) in [5, 5.41) is 0. The minimum atomic E-state index is -0.143. The SMILES string of the molecule is CCCCCCCCCCCCCCCC(=O)O[C@H]1CC(C)=C(/C=C/C(C)=C/C=C/C(C)=C/C=C/C=C(C)/C=C/C=C(C)/C=C/[C@H]2C(C)=C[C@H](OC(=O)CCCCCCCCCCCCCCC)CC2(C)C)C(C)(C)C1. The highest BCUT2D eigenvalue weighted by molar-refractivity contribution is 5.70. The van der Waals surface area contributed by atoms with Crippen molar-refractivity contribution >= 4 is 11.9 Å². The van der Waals surface area contributed by atoms with E-state index in [0.29, 0.717) is 18.8 Å². The number of hydrogen-bond acceptors (Lipinski definition) is 4. The van der Waals surface area contributed by atoms with E-state index in [0.717, 1.165) is 44.9 Å². The minimum Gasteiger partial charge on any atom is -0.462 e. The lowest BCUT2D eigenvalue weighted by molar-refractivity contribution is -0.151. The Hall–Kier alpha value is -3.92. The molecule has 0 amide bonds. The fourth-order valence-electron chi connectivity index (χ4n) is 11.3. The fraction of sp³-hybridized carbons (Fsp3) is 0.667. The van der Waals surface area contributed by atoms with Crippen LogP contribution < -0.4 is 0 Å². The minimum absolute atomic E-state index is 0.00519. The number of allylic oxidation sites excluding steroid dienone is 20. The smallest absolute Gasteiger partial charge is 0.306 e. The van der Waals surface area contributed by atoms with E-state index in [-0.39, 0.29) is 35.0 Å². The number of carbonyl (C=O) groups is 2. The Morgan fingerprint density at radius 1 is 0.500 bits per heavy atom. The largest absolute Gasteiger partial charge is 0.462 e. The van der Waals surface area contributed by atoms with Crippen LogP contribution in [0.1, 0.15) is 282 Å². The Kier molecular flexibility index (Phi) is 36.9. The van der Waals surface area contributed by atoms with E-state index in [1.54, 1.807) is 0 Å². The molecule has 0 aromatic carbocycles. The van der Waals surface area contributed by atoms with Crippen molar-refractivity contribution in [3.63, 3.8) is 0 Å². The summed E-state index contributed by atoms with van der Waals surface area (Å²) in [6, 6.07) is 0. The Morgan fingerprint density at radius 2 is 0.882 bits per heavy atom. The lowest BCUT2D eigenvalue weighted by Gasteiger charge is -2.40. The second kappa shape index (κ2) is 41.2. The molecule has 76 heavy (non-hydrogen) atoms. The van der Waals surface area contributed by atoms with E-state index in [2.05, 4.69) is 174 Å². The van der Waals surface area contributed by atoms with E-state index in [1.807, 2.05) is 0 Å². The number of ether oxygens (including phenoxy) is 2. The Labute approximate surface area is 470 Å². The first-order valence-electron chi connectivity index (χ1n) is 31.3. The van der Waals surface area contributed by atoms with Gasteiger partial charge in [-0.05, 0) is 89.7 Å². The molecule has 0 aliphatic heterocycles. The van der Waals surface area contributed by atoms with Crippen molar-refractivity contribution in [2.45, 2.75) is 294 Å². The molecule has 4 nitrogen and oxygen atoms in total. The summed E-state index contributed by atoms with van der Waals surface area (Å²) in [6.45, 7) is 26.6. The second-order valence-corrected chi connectivity index (χ2v) is 24.6.